The lowest BCUT2D eigenvalue weighted by molar-refractivity contribution is -0.195. The summed E-state index contributed by atoms with van der Waals surface area (Å²) in [4.78, 5) is 4.68. The number of benzene rings is 2. The van der Waals surface area contributed by atoms with Gasteiger partial charge in [-0.1, -0.05) is 0 Å². The molecule has 2 aromatic carbocycles. The van der Waals surface area contributed by atoms with Crippen LogP contribution in [-0.4, -0.2) is 16.9 Å². The second kappa shape index (κ2) is 8.44. The van der Waals surface area contributed by atoms with Gasteiger partial charge in [-0.05, 0) is 48.5 Å². The van der Waals surface area contributed by atoms with Gasteiger partial charge in [0.2, 0.25) is 0 Å². The number of hydrogen-bond acceptors (Lipinski definition) is 6. The SMILES string of the molecule is COc1ccc(-c2cc(C(F)F)nn2-c2ccc(SOON)cc2)cc1F. The van der Waals surface area contributed by atoms with Crippen LogP contribution in [0.3, 0.4) is 0 Å². The van der Waals surface area contributed by atoms with Crippen molar-refractivity contribution in [3.05, 3.63) is 60.0 Å². The van der Waals surface area contributed by atoms with Crippen molar-refractivity contribution in [3.8, 4) is 22.7 Å². The third-order valence-corrected chi connectivity index (χ3v) is 4.26. The Morgan fingerprint density at radius 2 is 1.85 bits per heavy atom. The van der Waals surface area contributed by atoms with Gasteiger partial charge in [0.05, 0.1) is 30.5 Å². The van der Waals surface area contributed by atoms with Crippen LogP contribution >= 0.6 is 12.0 Å². The third-order valence-electron chi connectivity index (χ3n) is 3.65. The number of nitrogens with zero attached hydrogens (tertiary/aromatic N) is 2. The quantitative estimate of drug-likeness (QED) is 0.361. The first-order valence-corrected chi connectivity index (χ1v) is 8.30. The standard InChI is InChI=1S/C17H14F3N3O3S/c1-24-16-7-2-10(8-13(16)18)15-9-14(17(19)20)22-23(15)11-3-5-12(6-4-11)27-26-25-21/h2-9,17H,21H2,1H3. The van der Waals surface area contributed by atoms with Crippen LogP contribution in [0.5, 0.6) is 5.75 Å². The average molecular weight is 397 g/mol. The number of halogens is 3. The van der Waals surface area contributed by atoms with Crippen molar-refractivity contribution < 1.29 is 27.2 Å². The van der Waals surface area contributed by atoms with Gasteiger partial charge in [0, 0.05) is 10.5 Å². The first kappa shape index (κ1) is 19.2. The van der Waals surface area contributed by atoms with Crippen molar-refractivity contribution in [2.24, 2.45) is 5.90 Å². The number of nitrogens with two attached hydrogens (primary N) is 1. The molecule has 0 atom stereocenters. The highest BCUT2D eigenvalue weighted by Gasteiger charge is 2.19. The molecular weight excluding hydrogens is 383 g/mol. The molecule has 0 aliphatic carbocycles. The van der Waals surface area contributed by atoms with E-state index in [1.165, 1.54) is 30.0 Å². The predicted molar refractivity (Wildman–Crippen MR) is 92.7 cm³/mol. The molecule has 10 heteroatoms. The van der Waals surface area contributed by atoms with Gasteiger partial charge in [-0.25, -0.2) is 17.9 Å². The number of rotatable bonds is 7. The summed E-state index contributed by atoms with van der Waals surface area (Å²) < 4.78 is 51.2. The van der Waals surface area contributed by atoms with Crippen LogP contribution in [0, 0.1) is 5.82 Å². The van der Waals surface area contributed by atoms with Crippen LogP contribution in [0.4, 0.5) is 13.2 Å². The van der Waals surface area contributed by atoms with Gasteiger partial charge in [0.1, 0.15) is 5.69 Å². The van der Waals surface area contributed by atoms with Crippen LogP contribution in [-0.2, 0) is 9.32 Å². The minimum Gasteiger partial charge on any atom is -0.494 e. The summed E-state index contributed by atoms with van der Waals surface area (Å²) >= 11 is 0.881. The summed E-state index contributed by atoms with van der Waals surface area (Å²) in [5.74, 6) is 4.23. The van der Waals surface area contributed by atoms with Gasteiger partial charge in [-0.3, -0.25) is 0 Å². The first-order valence-electron chi connectivity index (χ1n) is 7.56. The number of ether oxygens (including phenoxy) is 1. The first-order chi connectivity index (χ1) is 13.0. The van der Waals surface area contributed by atoms with Crippen LogP contribution in [0.2, 0.25) is 0 Å². The molecule has 0 saturated heterocycles. The monoisotopic (exact) mass is 397 g/mol. The molecule has 3 aromatic rings. The van der Waals surface area contributed by atoms with E-state index >= 15 is 0 Å². The summed E-state index contributed by atoms with van der Waals surface area (Å²) in [6.07, 6.45) is -2.77. The highest BCUT2D eigenvalue weighted by atomic mass is 32.2. The lowest BCUT2D eigenvalue weighted by Gasteiger charge is -2.09. The number of alkyl halides is 2. The maximum Gasteiger partial charge on any atom is 0.282 e. The van der Waals surface area contributed by atoms with Crippen molar-refractivity contribution in [2.45, 2.75) is 11.3 Å². The molecule has 27 heavy (non-hydrogen) atoms. The highest BCUT2D eigenvalue weighted by Crippen LogP contribution is 2.31. The lowest BCUT2D eigenvalue weighted by atomic mass is 10.1. The maximum atomic E-state index is 14.1. The normalized spacial score (nSPS) is 11.2. The molecule has 0 aliphatic heterocycles. The van der Waals surface area contributed by atoms with Crippen LogP contribution in [0.25, 0.3) is 16.9 Å². The fourth-order valence-electron chi connectivity index (χ4n) is 2.44. The molecule has 0 fully saturated rings. The van der Waals surface area contributed by atoms with Crippen LogP contribution in [0.1, 0.15) is 12.1 Å². The van der Waals surface area contributed by atoms with E-state index in [-0.39, 0.29) is 5.75 Å². The third kappa shape index (κ3) is 4.25. The number of methoxy groups -OCH3 is 1. The second-order valence-corrected chi connectivity index (χ2v) is 6.03. The Hall–Kier alpha value is -2.53. The maximum absolute atomic E-state index is 14.1. The van der Waals surface area contributed by atoms with E-state index in [9.17, 15) is 13.2 Å². The van der Waals surface area contributed by atoms with E-state index in [1.807, 2.05) is 0 Å². The zero-order valence-electron chi connectivity index (χ0n) is 13.9. The van der Waals surface area contributed by atoms with Crippen molar-refractivity contribution in [2.75, 3.05) is 7.11 Å². The number of aromatic nitrogens is 2. The Bertz CT molecular complexity index is 920. The molecule has 0 unspecified atom stereocenters. The second-order valence-electron chi connectivity index (χ2n) is 5.26. The Morgan fingerprint density at radius 1 is 1.11 bits per heavy atom. The zero-order valence-corrected chi connectivity index (χ0v) is 14.8. The fourth-order valence-corrected chi connectivity index (χ4v) is 2.80. The molecule has 2 N–H and O–H groups in total. The summed E-state index contributed by atoms with van der Waals surface area (Å²) in [6, 6.07) is 12.1. The van der Waals surface area contributed by atoms with Gasteiger partial charge < -0.3 is 4.74 Å². The minimum absolute atomic E-state index is 0.0578. The zero-order chi connectivity index (χ0) is 19.4. The van der Waals surface area contributed by atoms with Crippen molar-refractivity contribution in [3.63, 3.8) is 0 Å². The summed E-state index contributed by atoms with van der Waals surface area (Å²) in [6.45, 7) is 0. The minimum atomic E-state index is -2.77. The van der Waals surface area contributed by atoms with Crippen molar-refractivity contribution >= 4 is 12.0 Å². The van der Waals surface area contributed by atoms with Crippen molar-refractivity contribution in [1.29, 1.82) is 0 Å². The van der Waals surface area contributed by atoms with Gasteiger partial charge in [-0.15, -0.1) is 9.32 Å². The Kier molecular flexibility index (Phi) is 6.01. The van der Waals surface area contributed by atoms with E-state index in [2.05, 4.69) is 14.4 Å². The molecular formula is C17H14F3N3O3S. The molecule has 0 spiro atoms. The molecule has 1 aromatic heterocycles. The smallest absolute Gasteiger partial charge is 0.282 e. The summed E-state index contributed by atoms with van der Waals surface area (Å²) in [5.41, 5.74) is 0.783. The van der Waals surface area contributed by atoms with E-state index in [0.717, 1.165) is 12.0 Å². The van der Waals surface area contributed by atoms with Gasteiger partial charge in [-0.2, -0.15) is 11.0 Å². The number of hydrogen-bond donors (Lipinski definition) is 1. The predicted octanol–water partition coefficient (Wildman–Crippen LogP) is 4.45. The van der Waals surface area contributed by atoms with Crippen LogP contribution in [0.15, 0.2) is 53.4 Å². The fraction of sp³-hybridized carbons (Fsp3) is 0.118. The molecule has 1 heterocycles. The molecule has 0 amide bonds. The molecule has 0 aliphatic rings. The van der Waals surface area contributed by atoms with Gasteiger partial charge >= 0.3 is 0 Å². The summed E-state index contributed by atoms with van der Waals surface area (Å²) in [5, 5.41) is 3.95. The van der Waals surface area contributed by atoms with E-state index in [4.69, 9.17) is 10.6 Å². The topological polar surface area (TPSA) is 71.5 Å². The molecule has 3 rings (SSSR count). The van der Waals surface area contributed by atoms with E-state index < -0.39 is 17.9 Å². The molecule has 0 saturated carbocycles. The Morgan fingerprint density at radius 3 is 2.44 bits per heavy atom. The molecule has 0 bridgehead atoms. The van der Waals surface area contributed by atoms with Gasteiger partial charge in [0.15, 0.2) is 11.6 Å². The van der Waals surface area contributed by atoms with E-state index in [0.29, 0.717) is 21.8 Å². The Balaban J connectivity index is 2.03. The Labute approximate surface area is 156 Å². The molecule has 142 valence electrons. The molecule has 0 radical (unpaired) electrons. The largest absolute Gasteiger partial charge is 0.494 e. The van der Waals surface area contributed by atoms with Gasteiger partial charge in [0.25, 0.3) is 6.43 Å². The van der Waals surface area contributed by atoms with Crippen LogP contribution < -0.4 is 10.6 Å². The van der Waals surface area contributed by atoms with E-state index in [1.54, 1.807) is 30.3 Å². The lowest BCUT2D eigenvalue weighted by Crippen LogP contribution is -2.00. The average Bonchev–Trinajstić information content (AvgIpc) is 3.12. The molecule has 6 nitrogen and oxygen atoms in total. The summed E-state index contributed by atoms with van der Waals surface area (Å²) in [7, 11) is 1.34. The highest BCUT2D eigenvalue weighted by molar-refractivity contribution is 7.94. The van der Waals surface area contributed by atoms with Crippen molar-refractivity contribution in [1.82, 2.24) is 9.78 Å².